The van der Waals surface area contributed by atoms with Gasteiger partial charge in [0, 0.05) is 22.4 Å². The van der Waals surface area contributed by atoms with Crippen LogP contribution in [0.1, 0.15) is 39.3 Å². The molecule has 0 radical (unpaired) electrons. The smallest absolute Gasteiger partial charge is 0.150 e. The summed E-state index contributed by atoms with van der Waals surface area (Å²) < 4.78 is 1.21. The normalized spacial score (nSPS) is 12.0. The zero-order valence-electron chi connectivity index (χ0n) is 10.7. The van der Waals surface area contributed by atoms with Crippen molar-refractivity contribution in [2.45, 2.75) is 50.4 Å². The molecule has 0 atom stereocenters. The van der Waals surface area contributed by atoms with Crippen LogP contribution >= 0.6 is 23.1 Å². The molecule has 1 rings (SSSR count). The molecule has 0 aliphatic rings. The van der Waals surface area contributed by atoms with Crippen LogP contribution in [0.25, 0.3) is 0 Å². The Morgan fingerprint density at radius 2 is 2.12 bits per heavy atom. The Morgan fingerprint density at radius 3 is 2.69 bits per heavy atom. The molecule has 1 heterocycles. The fraction of sp³-hybridized carbons (Fsp3) is 0.750. The van der Waals surface area contributed by atoms with Crippen LogP contribution in [0.3, 0.4) is 0 Å². The van der Waals surface area contributed by atoms with Crippen molar-refractivity contribution in [3.8, 4) is 0 Å². The van der Waals surface area contributed by atoms with Crippen molar-refractivity contribution in [3.05, 3.63) is 11.1 Å². The van der Waals surface area contributed by atoms with Gasteiger partial charge in [-0.3, -0.25) is 0 Å². The van der Waals surface area contributed by atoms with Crippen molar-refractivity contribution < 1.29 is 0 Å². The second-order valence-corrected chi connectivity index (χ2v) is 7.19. The van der Waals surface area contributed by atoms with E-state index >= 15 is 0 Å². The van der Waals surface area contributed by atoms with E-state index in [-0.39, 0.29) is 5.54 Å². The molecule has 1 aromatic heterocycles. The summed E-state index contributed by atoms with van der Waals surface area (Å²) in [7, 11) is 0. The fourth-order valence-corrected chi connectivity index (χ4v) is 3.17. The van der Waals surface area contributed by atoms with Gasteiger partial charge in [0.15, 0.2) is 0 Å². The van der Waals surface area contributed by atoms with Gasteiger partial charge < -0.3 is 5.32 Å². The Kier molecular flexibility index (Phi) is 5.79. The van der Waals surface area contributed by atoms with Crippen molar-refractivity contribution in [2.75, 3.05) is 12.3 Å². The standard InChI is InChI=1S/C12H22N2S2/c1-10-9-16-11(14-10)15-8-6-5-7-13-12(2,3)4/h9,13H,5-8H2,1-4H3. The monoisotopic (exact) mass is 258 g/mol. The van der Waals surface area contributed by atoms with Gasteiger partial charge in [0.05, 0.1) is 0 Å². The lowest BCUT2D eigenvalue weighted by atomic mass is 10.1. The first-order valence-corrected chi connectivity index (χ1v) is 7.64. The molecule has 0 fully saturated rings. The number of thioether (sulfide) groups is 1. The molecule has 4 heteroatoms. The molecule has 0 unspecified atom stereocenters. The van der Waals surface area contributed by atoms with E-state index in [9.17, 15) is 0 Å². The molecule has 0 amide bonds. The number of aromatic nitrogens is 1. The van der Waals surface area contributed by atoms with Crippen LogP contribution < -0.4 is 5.32 Å². The largest absolute Gasteiger partial charge is 0.312 e. The van der Waals surface area contributed by atoms with Crippen molar-refractivity contribution in [1.82, 2.24) is 10.3 Å². The van der Waals surface area contributed by atoms with Gasteiger partial charge in [-0.25, -0.2) is 4.98 Å². The van der Waals surface area contributed by atoms with Crippen LogP contribution in [0.2, 0.25) is 0 Å². The van der Waals surface area contributed by atoms with Gasteiger partial charge in [0.25, 0.3) is 0 Å². The average molecular weight is 258 g/mol. The molecule has 0 spiro atoms. The predicted octanol–water partition coefficient (Wildman–Crippen LogP) is 3.71. The Labute approximate surface area is 107 Å². The Balaban J connectivity index is 2.00. The SMILES string of the molecule is Cc1csc(SCCCCNC(C)(C)C)n1. The second kappa shape index (κ2) is 6.62. The molecule has 16 heavy (non-hydrogen) atoms. The molecule has 1 N–H and O–H groups in total. The molecule has 92 valence electrons. The quantitative estimate of drug-likeness (QED) is 0.622. The highest BCUT2D eigenvalue weighted by Crippen LogP contribution is 2.23. The number of rotatable bonds is 6. The first-order valence-electron chi connectivity index (χ1n) is 5.77. The minimum Gasteiger partial charge on any atom is -0.312 e. The highest BCUT2D eigenvalue weighted by Gasteiger charge is 2.07. The first-order chi connectivity index (χ1) is 7.47. The number of hydrogen-bond donors (Lipinski definition) is 1. The molecular formula is C12H22N2S2. The summed E-state index contributed by atoms with van der Waals surface area (Å²) in [6, 6.07) is 0. The minimum atomic E-state index is 0.250. The summed E-state index contributed by atoms with van der Waals surface area (Å²) in [5, 5.41) is 5.62. The molecule has 0 aliphatic heterocycles. The third kappa shape index (κ3) is 6.51. The molecule has 1 aromatic rings. The van der Waals surface area contributed by atoms with E-state index in [0.717, 1.165) is 12.2 Å². The summed E-state index contributed by atoms with van der Waals surface area (Å²) in [5.74, 6) is 1.18. The van der Waals surface area contributed by atoms with E-state index in [0.29, 0.717) is 0 Å². The van der Waals surface area contributed by atoms with Gasteiger partial charge in [-0.15, -0.1) is 11.3 Å². The van der Waals surface area contributed by atoms with Crippen molar-refractivity contribution in [1.29, 1.82) is 0 Å². The molecule has 0 bridgehead atoms. The molecule has 0 aliphatic carbocycles. The lowest BCUT2D eigenvalue weighted by molar-refractivity contribution is 0.421. The molecule has 2 nitrogen and oxygen atoms in total. The Hall–Kier alpha value is -0.0600. The highest BCUT2D eigenvalue weighted by molar-refractivity contribution is 8.00. The summed E-state index contributed by atoms with van der Waals surface area (Å²) in [5.41, 5.74) is 1.39. The average Bonchev–Trinajstić information content (AvgIpc) is 2.56. The van der Waals surface area contributed by atoms with Crippen LogP contribution in [-0.2, 0) is 0 Å². The number of nitrogens with zero attached hydrogens (tertiary/aromatic N) is 1. The Morgan fingerprint density at radius 1 is 1.38 bits per heavy atom. The van der Waals surface area contributed by atoms with Gasteiger partial charge in [-0.1, -0.05) is 11.8 Å². The maximum atomic E-state index is 4.43. The number of aryl methyl sites for hydroxylation is 1. The van der Waals surface area contributed by atoms with Crippen LogP contribution in [0, 0.1) is 6.92 Å². The summed E-state index contributed by atoms with van der Waals surface area (Å²) in [6.45, 7) is 9.79. The summed E-state index contributed by atoms with van der Waals surface area (Å²) >= 11 is 3.63. The zero-order chi connectivity index (χ0) is 12.0. The molecule has 0 saturated heterocycles. The van der Waals surface area contributed by atoms with E-state index in [1.54, 1.807) is 11.3 Å². The van der Waals surface area contributed by atoms with Gasteiger partial charge in [-0.05, 0) is 47.1 Å². The van der Waals surface area contributed by atoms with E-state index < -0.39 is 0 Å². The first kappa shape index (κ1) is 14.0. The minimum absolute atomic E-state index is 0.250. The molecule has 0 saturated carbocycles. The zero-order valence-corrected chi connectivity index (χ0v) is 12.3. The van der Waals surface area contributed by atoms with Crippen LogP contribution in [0.5, 0.6) is 0 Å². The second-order valence-electron chi connectivity index (χ2n) is 4.99. The lowest BCUT2D eigenvalue weighted by Crippen LogP contribution is -2.36. The van der Waals surface area contributed by atoms with Crippen molar-refractivity contribution >= 4 is 23.1 Å². The van der Waals surface area contributed by atoms with E-state index in [4.69, 9.17) is 0 Å². The van der Waals surface area contributed by atoms with Crippen LogP contribution in [0.15, 0.2) is 9.72 Å². The molecule has 0 aromatic carbocycles. The van der Waals surface area contributed by atoms with Gasteiger partial charge in [-0.2, -0.15) is 0 Å². The maximum absolute atomic E-state index is 4.43. The van der Waals surface area contributed by atoms with E-state index in [2.05, 4.69) is 36.5 Å². The van der Waals surface area contributed by atoms with Crippen LogP contribution in [-0.4, -0.2) is 22.8 Å². The Bertz CT molecular complexity index is 302. The van der Waals surface area contributed by atoms with E-state index in [1.165, 1.54) is 22.9 Å². The van der Waals surface area contributed by atoms with Crippen LogP contribution in [0.4, 0.5) is 0 Å². The predicted molar refractivity (Wildman–Crippen MR) is 74.6 cm³/mol. The van der Waals surface area contributed by atoms with Gasteiger partial charge in [0.1, 0.15) is 4.34 Å². The number of unbranched alkanes of at least 4 members (excludes halogenated alkanes) is 1. The highest BCUT2D eigenvalue weighted by atomic mass is 32.2. The lowest BCUT2D eigenvalue weighted by Gasteiger charge is -2.20. The molecular weight excluding hydrogens is 236 g/mol. The number of hydrogen-bond acceptors (Lipinski definition) is 4. The fourth-order valence-electron chi connectivity index (χ4n) is 1.25. The summed E-state index contributed by atoms with van der Waals surface area (Å²) in [6.07, 6.45) is 2.50. The van der Waals surface area contributed by atoms with E-state index in [1.807, 2.05) is 18.7 Å². The third-order valence-electron chi connectivity index (χ3n) is 2.05. The third-order valence-corrected chi connectivity index (χ3v) is 4.28. The number of nitrogens with one attached hydrogen (secondary N) is 1. The van der Waals surface area contributed by atoms with Crippen molar-refractivity contribution in [3.63, 3.8) is 0 Å². The number of thiazole rings is 1. The summed E-state index contributed by atoms with van der Waals surface area (Å²) in [4.78, 5) is 4.43. The topological polar surface area (TPSA) is 24.9 Å². The van der Waals surface area contributed by atoms with Gasteiger partial charge >= 0.3 is 0 Å². The van der Waals surface area contributed by atoms with Gasteiger partial charge in [0.2, 0.25) is 0 Å². The maximum Gasteiger partial charge on any atom is 0.150 e. The van der Waals surface area contributed by atoms with Crippen molar-refractivity contribution in [2.24, 2.45) is 0 Å².